The van der Waals surface area contributed by atoms with Crippen molar-refractivity contribution < 1.29 is 9.63 Å². The molecule has 4 nitrogen and oxygen atoms in total. The summed E-state index contributed by atoms with van der Waals surface area (Å²) in [5.41, 5.74) is -0.264. The molecular weight excluding hydrogens is 180 g/mol. The zero-order chi connectivity index (χ0) is 10.2. The topological polar surface area (TPSA) is 41.6 Å². The van der Waals surface area contributed by atoms with Crippen LogP contribution in [0, 0.1) is 0 Å². The minimum atomic E-state index is -0.264. The van der Waals surface area contributed by atoms with E-state index in [4.69, 9.17) is 4.84 Å². The van der Waals surface area contributed by atoms with Crippen molar-refractivity contribution >= 4 is 5.91 Å². The van der Waals surface area contributed by atoms with E-state index in [1.807, 2.05) is 6.92 Å². The van der Waals surface area contributed by atoms with Gasteiger partial charge in [-0.3, -0.25) is 9.63 Å². The van der Waals surface area contributed by atoms with Gasteiger partial charge in [0.25, 0.3) is 0 Å². The van der Waals surface area contributed by atoms with Gasteiger partial charge < -0.3 is 5.32 Å². The Kier molecular flexibility index (Phi) is 2.49. The van der Waals surface area contributed by atoms with Gasteiger partial charge in [0, 0.05) is 6.54 Å². The molecule has 80 valence electrons. The first kappa shape index (κ1) is 9.93. The van der Waals surface area contributed by atoms with Crippen LogP contribution in [0.3, 0.4) is 0 Å². The van der Waals surface area contributed by atoms with Crippen LogP contribution in [0.5, 0.6) is 0 Å². The number of nitrogens with one attached hydrogen (secondary N) is 1. The molecule has 0 aliphatic carbocycles. The van der Waals surface area contributed by atoms with Crippen molar-refractivity contribution in [1.82, 2.24) is 10.4 Å². The van der Waals surface area contributed by atoms with Crippen molar-refractivity contribution in [3.05, 3.63) is 0 Å². The van der Waals surface area contributed by atoms with E-state index >= 15 is 0 Å². The van der Waals surface area contributed by atoms with Crippen LogP contribution in [-0.4, -0.2) is 35.7 Å². The van der Waals surface area contributed by atoms with E-state index in [1.165, 1.54) is 0 Å². The van der Waals surface area contributed by atoms with E-state index in [0.29, 0.717) is 6.42 Å². The molecule has 2 unspecified atom stereocenters. The number of hydrogen-bond acceptors (Lipinski definition) is 3. The molecule has 2 fully saturated rings. The second-order valence-electron chi connectivity index (χ2n) is 4.44. The number of carbonyl (C=O) groups excluding carboxylic acids is 1. The van der Waals surface area contributed by atoms with Gasteiger partial charge in [0.1, 0.15) is 5.60 Å². The van der Waals surface area contributed by atoms with Crippen molar-refractivity contribution in [2.24, 2.45) is 0 Å². The van der Waals surface area contributed by atoms with Crippen molar-refractivity contribution in [1.29, 1.82) is 0 Å². The van der Waals surface area contributed by atoms with Crippen molar-refractivity contribution in [3.63, 3.8) is 0 Å². The Morgan fingerprint density at radius 2 is 2.50 bits per heavy atom. The maximum absolute atomic E-state index is 11.7. The largest absolute Gasteiger partial charge is 0.315 e. The lowest BCUT2D eigenvalue weighted by Gasteiger charge is -2.26. The van der Waals surface area contributed by atoms with Gasteiger partial charge >= 0.3 is 0 Å². The van der Waals surface area contributed by atoms with E-state index in [0.717, 1.165) is 25.9 Å². The third kappa shape index (κ3) is 1.64. The molecular formula is C10H18N2O2. The lowest BCUT2D eigenvalue weighted by molar-refractivity contribution is -0.209. The fourth-order valence-electron chi connectivity index (χ4n) is 2.03. The number of hydroxylamine groups is 2. The molecule has 1 N–H and O–H groups in total. The minimum absolute atomic E-state index is 0.142. The molecule has 0 saturated carbocycles. The molecule has 2 rings (SSSR count). The fourth-order valence-corrected chi connectivity index (χ4v) is 2.03. The van der Waals surface area contributed by atoms with Gasteiger partial charge in [-0.05, 0) is 26.3 Å². The SMILES string of the molecule is CCC1(C)CC(=O)N(C2CCNC2)O1. The Morgan fingerprint density at radius 3 is 3.00 bits per heavy atom. The smallest absolute Gasteiger partial charge is 0.249 e. The van der Waals surface area contributed by atoms with Crippen molar-refractivity contribution in [2.75, 3.05) is 13.1 Å². The molecule has 0 aromatic rings. The molecule has 2 atom stereocenters. The Labute approximate surface area is 84.6 Å². The van der Waals surface area contributed by atoms with Crippen LogP contribution < -0.4 is 5.32 Å². The Morgan fingerprint density at radius 1 is 1.71 bits per heavy atom. The summed E-state index contributed by atoms with van der Waals surface area (Å²) in [6, 6.07) is 0.246. The highest BCUT2D eigenvalue weighted by molar-refractivity contribution is 5.78. The summed E-state index contributed by atoms with van der Waals surface area (Å²) < 4.78 is 0. The average molecular weight is 198 g/mol. The van der Waals surface area contributed by atoms with Crippen LogP contribution in [0.15, 0.2) is 0 Å². The summed E-state index contributed by atoms with van der Waals surface area (Å²) in [6.07, 6.45) is 2.42. The normalized spacial score (nSPS) is 38.3. The summed E-state index contributed by atoms with van der Waals surface area (Å²) >= 11 is 0. The fraction of sp³-hybridized carbons (Fsp3) is 0.900. The number of amides is 1. The van der Waals surface area contributed by atoms with Crippen molar-refractivity contribution in [2.45, 2.75) is 44.8 Å². The Bertz CT molecular complexity index is 238. The number of rotatable bonds is 2. The first-order chi connectivity index (χ1) is 6.64. The van der Waals surface area contributed by atoms with Gasteiger partial charge in [0.2, 0.25) is 5.91 Å². The van der Waals surface area contributed by atoms with Crippen LogP contribution in [-0.2, 0) is 9.63 Å². The highest BCUT2D eigenvalue weighted by Crippen LogP contribution is 2.31. The van der Waals surface area contributed by atoms with E-state index < -0.39 is 0 Å². The molecule has 0 radical (unpaired) electrons. The van der Waals surface area contributed by atoms with E-state index in [2.05, 4.69) is 12.2 Å². The molecule has 0 bridgehead atoms. The van der Waals surface area contributed by atoms with Gasteiger partial charge in [-0.15, -0.1) is 0 Å². The second kappa shape index (κ2) is 3.51. The number of carbonyl (C=O) groups is 1. The Balaban J connectivity index is 2.03. The maximum atomic E-state index is 11.7. The quantitative estimate of drug-likeness (QED) is 0.709. The lowest BCUT2D eigenvalue weighted by Crippen LogP contribution is -2.38. The molecule has 0 spiro atoms. The zero-order valence-electron chi connectivity index (χ0n) is 8.88. The predicted molar refractivity (Wildman–Crippen MR) is 52.5 cm³/mol. The van der Waals surface area contributed by atoms with Gasteiger partial charge in [-0.2, -0.15) is 0 Å². The molecule has 2 heterocycles. The van der Waals surface area contributed by atoms with Crippen LogP contribution >= 0.6 is 0 Å². The predicted octanol–water partition coefficient (Wildman–Crippen LogP) is 0.681. The lowest BCUT2D eigenvalue weighted by atomic mass is 10.0. The van der Waals surface area contributed by atoms with Gasteiger partial charge in [-0.1, -0.05) is 6.92 Å². The highest BCUT2D eigenvalue weighted by atomic mass is 16.7. The standard InChI is InChI=1S/C10H18N2O2/c1-3-10(2)6-9(13)12(14-10)8-4-5-11-7-8/h8,11H,3-7H2,1-2H3. The molecule has 2 aliphatic heterocycles. The molecule has 14 heavy (non-hydrogen) atoms. The summed E-state index contributed by atoms with van der Waals surface area (Å²) in [7, 11) is 0. The highest BCUT2D eigenvalue weighted by Gasteiger charge is 2.43. The van der Waals surface area contributed by atoms with Gasteiger partial charge in [0.15, 0.2) is 0 Å². The number of nitrogens with zero attached hydrogens (tertiary/aromatic N) is 1. The second-order valence-corrected chi connectivity index (χ2v) is 4.44. The third-order valence-corrected chi connectivity index (χ3v) is 3.20. The van der Waals surface area contributed by atoms with Crippen LogP contribution in [0.25, 0.3) is 0 Å². The third-order valence-electron chi connectivity index (χ3n) is 3.20. The molecule has 0 aromatic carbocycles. The van der Waals surface area contributed by atoms with Gasteiger partial charge in [-0.25, -0.2) is 5.06 Å². The van der Waals surface area contributed by atoms with Crippen LogP contribution in [0.2, 0.25) is 0 Å². The molecule has 1 amide bonds. The first-order valence-electron chi connectivity index (χ1n) is 5.36. The average Bonchev–Trinajstić information content (AvgIpc) is 2.74. The Hall–Kier alpha value is -0.610. The zero-order valence-corrected chi connectivity index (χ0v) is 8.88. The first-order valence-corrected chi connectivity index (χ1v) is 5.36. The van der Waals surface area contributed by atoms with E-state index in [9.17, 15) is 4.79 Å². The van der Waals surface area contributed by atoms with E-state index in [-0.39, 0.29) is 17.6 Å². The molecule has 2 aliphatic rings. The number of hydrogen-bond donors (Lipinski definition) is 1. The summed E-state index contributed by atoms with van der Waals surface area (Å²) in [5.74, 6) is 0.142. The van der Waals surface area contributed by atoms with Crippen molar-refractivity contribution in [3.8, 4) is 0 Å². The minimum Gasteiger partial charge on any atom is -0.315 e. The molecule has 0 aromatic heterocycles. The van der Waals surface area contributed by atoms with Crippen LogP contribution in [0.4, 0.5) is 0 Å². The van der Waals surface area contributed by atoms with E-state index in [1.54, 1.807) is 5.06 Å². The summed E-state index contributed by atoms with van der Waals surface area (Å²) in [5, 5.41) is 4.84. The molecule has 2 saturated heterocycles. The molecule has 4 heteroatoms. The monoisotopic (exact) mass is 198 g/mol. The van der Waals surface area contributed by atoms with Gasteiger partial charge in [0.05, 0.1) is 12.5 Å². The van der Waals surface area contributed by atoms with Crippen LogP contribution in [0.1, 0.15) is 33.1 Å². The summed E-state index contributed by atoms with van der Waals surface area (Å²) in [6.45, 7) is 5.92. The summed E-state index contributed by atoms with van der Waals surface area (Å²) in [4.78, 5) is 17.4. The maximum Gasteiger partial charge on any atom is 0.249 e.